The summed E-state index contributed by atoms with van der Waals surface area (Å²) in [6.45, 7) is 11.9. The molecule has 1 unspecified atom stereocenters. The number of hydrogen-bond donors (Lipinski definition) is 18. The van der Waals surface area contributed by atoms with Crippen molar-refractivity contribution in [2.24, 2.45) is 17.8 Å². The van der Waals surface area contributed by atoms with Crippen LogP contribution in [0, 0.1) is 17.8 Å². The topological polar surface area (TPSA) is 628 Å². The normalized spacial score (nSPS) is 15.2. The summed E-state index contributed by atoms with van der Waals surface area (Å²) in [6, 6.07) is -1.38. The number of nitrogens with zero attached hydrogens (tertiary/aromatic N) is 3. The van der Waals surface area contributed by atoms with Gasteiger partial charge in [-0.3, -0.25) is 67.9 Å². The molecule has 18 N–H and O–H groups in total. The first-order valence-corrected chi connectivity index (χ1v) is 43.1. The van der Waals surface area contributed by atoms with E-state index in [1.165, 1.54) is 60.5 Å². The van der Waals surface area contributed by atoms with E-state index in [4.69, 9.17) is 19.3 Å². The van der Waals surface area contributed by atoms with Crippen molar-refractivity contribution in [1.29, 1.82) is 0 Å². The van der Waals surface area contributed by atoms with Crippen molar-refractivity contribution in [3.8, 4) is 5.75 Å². The maximum Gasteiger partial charge on any atom is 0.426 e. The van der Waals surface area contributed by atoms with E-state index in [1.54, 1.807) is 19.1 Å². The Morgan fingerprint density at radius 2 is 1.24 bits per heavy atom. The number of hydrogen-bond acceptors (Lipinski definition) is 27. The number of urea groups is 2. The number of esters is 2. The molecule has 42 nitrogen and oxygen atoms in total. The summed E-state index contributed by atoms with van der Waals surface area (Å²) >= 11 is 1.000. The first-order valence-electron chi connectivity index (χ1n) is 39.7. The zero-order valence-corrected chi connectivity index (χ0v) is 71.9. The SMILES string of the molecule is CCCC(=O)OCN(C(=O)[C@@H](NC(=O)[C@H]1CCCCN1C)C(C)CC)[C@H](C[C@@H](OC(C)=O)c1nc(C(=O)N[C@@H](Cc2ccc(O)cc2)C[C@H](C)C(=O)NNC(=O)OCCSSC[C@@H](NC(=O)[C@@H](CC(=O)O)NC(=O)[C@@H](CC(=O)O)NC(=O)Cc2ccc(CNC(=O)NCCCC[C@H](NC(=O)N[C@@H](CCC(=O)O)C(=O)O)C(=O)O)cc2)C(=O)O)cs1)C(C)C. The molecule has 1 aromatic heterocycles. The predicted octanol–water partition coefficient (Wildman–Crippen LogP) is 3.29. The predicted molar refractivity (Wildman–Crippen MR) is 442 cm³/mol. The highest BCUT2D eigenvalue weighted by atomic mass is 33.1. The Bertz CT molecular complexity index is 4110. The number of aromatic hydroxyl groups is 1. The van der Waals surface area contributed by atoms with Crippen LogP contribution in [0.25, 0.3) is 0 Å². The lowest BCUT2D eigenvalue weighted by Crippen LogP contribution is -2.59. The molecule has 3 aromatic rings. The molecule has 0 saturated carbocycles. The van der Waals surface area contributed by atoms with Crippen LogP contribution in [0.4, 0.5) is 14.4 Å². The number of carbonyl (C=O) groups excluding carboxylic acids is 12. The minimum atomic E-state index is -2.00. The van der Waals surface area contributed by atoms with Gasteiger partial charge in [-0.25, -0.2) is 39.2 Å². The fourth-order valence-electron chi connectivity index (χ4n) is 12.4. The average Bonchev–Trinajstić information content (AvgIpc) is 1.60. The number of ether oxygens (including phenoxy) is 3. The zero-order chi connectivity index (χ0) is 91.6. The number of phenolic OH excluding ortho intramolecular Hbond substituents is 1. The van der Waals surface area contributed by atoms with Gasteiger partial charge in [-0.1, -0.05) is 112 Å². The number of unbranched alkanes of at least 4 members (excludes halogenated alkanes) is 1. The van der Waals surface area contributed by atoms with Gasteiger partial charge < -0.3 is 103 Å². The second-order valence-electron chi connectivity index (χ2n) is 29.5. The van der Waals surface area contributed by atoms with Gasteiger partial charge in [-0.15, -0.1) is 11.3 Å². The van der Waals surface area contributed by atoms with E-state index in [1.807, 2.05) is 45.0 Å². The molecule has 1 aliphatic heterocycles. The van der Waals surface area contributed by atoms with E-state index in [0.29, 0.717) is 42.5 Å². The number of carboxylic acid groups (broad SMARTS) is 6. The minimum Gasteiger partial charge on any atom is -0.508 e. The monoisotopic (exact) mass is 1790 g/mol. The summed E-state index contributed by atoms with van der Waals surface area (Å²) in [7, 11) is 3.70. The molecule has 0 bridgehead atoms. The fourth-order valence-corrected chi connectivity index (χ4v) is 15.3. The second kappa shape index (κ2) is 54.0. The number of likely N-dealkylation sites (N-methyl/N-ethyl adjacent to an activating group) is 1. The summed E-state index contributed by atoms with van der Waals surface area (Å²) in [5.41, 5.74) is 5.82. The number of phenols is 1. The Balaban J connectivity index is 1.29. The summed E-state index contributed by atoms with van der Waals surface area (Å²) < 4.78 is 16.7. The first kappa shape index (κ1) is 104. The maximum atomic E-state index is 15.0. The van der Waals surface area contributed by atoms with E-state index in [0.717, 1.165) is 45.8 Å². The van der Waals surface area contributed by atoms with Crippen LogP contribution < -0.4 is 58.7 Å². The Labute approximate surface area is 720 Å². The van der Waals surface area contributed by atoms with Crippen LogP contribution in [-0.2, 0) is 101 Å². The van der Waals surface area contributed by atoms with E-state index in [2.05, 4.69) is 58.4 Å². The molecular formula is C78H112N14O28S3. The molecule has 680 valence electrons. The van der Waals surface area contributed by atoms with Crippen LogP contribution in [0.2, 0.25) is 0 Å². The maximum absolute atomic E-state index is 15.0. The van der Waals surface area contributed by atoms with E-state index in [9.17, 15) is 112 Å². The standard InChI is InChI=1S/C78H112N14O28S3/c1-9-15-64(102)119-41-92(72(108)65(43(5)10-2)88-70(107)57-17-12-14-29-91(57)8)58(42(3)4)37-59(120-45(7)93)71-85-55(39-121-71)69(106)81-49(33-46-22-24-50(94)25-23-46)32-44(6)66(103)89-90-78(117)118-30-31-122-123-40-56(75(113)114)84-68(105)54(36-63(100)101)83-67(104)53(35-62(98)99)82-60(95)34-47-18-20-48(21-19-47)38-80-76(115)79-28-13-11-16-51(73(109)110)86-77(116)87-52(74(111)112)26-27-61(96)97/h18-25,39,42-44,49,51-54,56-59,65,94H,9-17,26-38,40-41H2,1-8H3,(H,81,106)(H,82,95)(H,83,104)(H,84,105)(H,88,107)(H,89,103)(H,90,117)(H,96,97)(H,98,99)(H,100,101)(H,109,110)(H,111,112)(H,113,114)(H2,79,80,115)(H2,86,87,116)/t43?,44-,49+,51-,52-,53+,54+,56+,57+,58+,59+,65-/m0/s1. The van der Waals surface area contributed by atoms with Crippen molar-refractivity contribution in [3.63, 3.8) is 0 Å². The number of carbonyl (C=O) groups is 18. The van der Waals surface area contributed by atoms with Gasteiger partial charge >= 0.3 is 65.9 Å². The smallest absolute Gasteiger partial charge is 0.426 e. The largest absolute Gasteiger partial charge is 0.508 e. The summed E-state index contributed by atoms with van der Waals surface area (Å²) in [4.78, 5) is 238. The second-order valence-corrected chi connectivity index (χ2v) is 33.0. The number of carboxylic acids is 6. The molecule has 45 heteroatoms. The molecule has 0 aliphatic carbocycles. The van der Waals surface area contributed by atoms with Gasteiger partial charge in [-0.05, 0) is 112 Å². The van der Waals surface area contributed by atoms with Crippen molar-refractivity contribution in [1.82, 2.24) is 73.5 Å². The number of amides is 12. The number of thiazole rings is 1. The third-order valence-electron chi connectivity index (χ3n) is 19.3. The highest BCUT2D eigenvalue weighted by Gasteiger charge is 2.41. The van der Waals surface area contributed by atoms with Crippen molar-refractivity contribution in [2.45, 2.75) is 225 Å². The van der Waals surface area contributed by atoms with Gasteiger partial charge in [-0.2, -0.15) is 0 Å². The molecule has 1 saturated heterocycles. The average molecular weight is 1790 g/mol. The van der Waals surface area contributed by atoms with E-state index < -0.39 is 207 Å². The molecule has 4 rings (SSSR count). The molecule has 123 heavy (non-hydrogen) atoms. The molecule has 2 aromatic carbocycles. The van der Waals surface area contributed by atoms with Crippen LogP contribution in [-0.4, -0.2) is 257 Å². The van der Waals surface area contributed by atoms with Gasteiger partial charge in [0.1, 0.15) is 59.3 Å². The van der Waals surface area contributed by atoms with Gasteiger partial charge in [0.2, 0.25) is 35.4 Å². The molecule has 12 atom stereocenters. The van der Waals surface area contributed by atoms with Crippen molar-refractivity contribution >= 4 is 140 Å². The zero-order valence-electron chi connectivity index (χ0n) is 69.4. The van der Waals surface area contributed by atoms with Crippen LogP contribution in [0.5, 0.6) is 5.75 Å². The number of aliphatic carboxylic acids is 6. The molecule has 0 spiro atoms. The molecule has 1 fully saturated rings. The number of hydrazine groups is 1. The summed E-state index contributed by atoms with van der Waals surface area (Å²) in [5.74, 6) is -18.2. The molecule has 12 amide bonds. The molecule has 0 radical (unpaired) electrons. The minimum absolute atomic E-state index is 0.00261. The summed E-state index contributed by atoms with van der Waals surface area (Å²) in [6.07, 6.45) is -2.14. The third-order valence-corrected chi connectivity index (χ3v) is 22.6. The Morgan fingerprint density at radius 1 is 0.634 bits per heavy atom. The highest BCUT2D eigenvalue weighted by molar-refractivity contribution is 8.76. The number of piperidine rings is 1. The van der Waals surface area contributed by atoms with E-state index >= 15 is 4.79 Å². The lowest BCUT2D eigenvalue weighted by Gasteiger charge is -2.39. The van der Waals surface area contributed by atoms with Gasteiger partial charge in [0, 0.05) is 74.2 Å². The number of likely N-dealkylation sites (tertiary alicyclic amines) is 1. The molecular weight excluding hydrogens is 1680 g/mol. The van der Waals surface area contributed by atoms with Crippen molar-refractivity contribution in [2.75, 3.05) is 45.0 Å². The van der Waals surface area contributed by atoms with Gasteiger partial charge in [0.05, 0.1) is 25.3 Å². The Morgan fingerprint density at radius 3 is 1.83 bits per heavy atom. The van der Waals surface area contributed by atoms with E-state index in [-0.39, 0.29) is 110 Å². The van der Waals surface area contributed by atoms with Crippen LogP contribution in [0.15, 0.2) is 53.9 Å². The van der Waals surface area contributed by atoms with Crippen molar-refractivity contribution < 1.29 is 136 Å². The first-order chi connectivity index (χ1) is 58.2. The number of rotatable bonds is 54. The Hall–Kier alpha value is -11.6. The third kappa shape index (κ3) is 39.0. The lowest BCUT2D eigenvalue weighted by molar-refractivity contribution is -0.161. The number of nitrogens with one attached hydrogen (secondary N) is 11. The highest BCUT2D eigenvalue weighted by Crippen LogP contribution is 2.33. The van der Waals surface area contributed by atoms with Gasteiger partial charge in [0.25, 0.3) is 5.91 Å². The molecule has 1 aliphatic rings. The molecule has 2 heterocycles. The van der Waals surface area contributed by atoms with Crippen LogP contribution in [0.1, 0.15) is 183 Å². The summed E-state index contributed by atoms with van der Waals surface area (Å²) in [5, 5.41) is 90.2. The van der Waals surface area contributed by atoms with Crippen LogP contribution >= 0.6 is 32.9 Å². The fraction of sp³-hybridized carbons (Fsp3) is 0.577. The Kier molecular flexibility index (Phi) is 45.6. The van der Waals surface area contributed by atoms with Crippen LogP contribution in [0.3, 0.4) is 0 Å². The quantitative estimate of drug-likeness (QED) is 0.00962. The van der Waals surface area contributed by atoms with Gasteiger partial charge in [0.15, 0.2) is 12.8 Å². The lowest BCUT2D eigenvalue weighted by atomic mass is 9.92. The van der Waals surface area contributed by atoms with Crippen molar-refractivity contribution in [3.05, 3.63) is 81.3 Å². The number of benzene rings is 2. The number of aromatic nitrogens is 1.